The molecule has 0 radical (unpaired) electrons. The van der Waals surface area contributed by atoms with Crippen molar-refractivity contribution < 1.29 is 0 Å². The third kappa shape index (κ3) is 1.19. The molecule has 2 N–H and O–H groups in total. The van der Waals surface area contributed by atoms with Gasteiger partial charge in [0.1, 0.15) is 0 Å². The van der Waals surface area contributed by atoms with Gasteiger partial charge >= 0.3 is 0 Å². The van der Waals surface area contributed by atoms with E-state index in [4.69, 9.17) is 5.73 Å². The van der Waals surface area contributed by atoms with Gasteiger partial charge < -0.3 is 5.73 Å². The van der Waals surface area contributed by atoms with Gasteiger partial charge in [0.25, 0.3) is 0 Å². The normalized spacial score (nSPS) is 13.6. The Morgan fingerprint density at radius 1 is 1.70 bits per heavy atom. The molecule has 1 aromatic rings. The van der Waals surface area contributed by atoms with Crippen LogP contribution in [0.1, 0.15) is 24.2 Å². The molecular formula is C7H13N3. The molecule has 3 heteroatoms. The first-order valence-electron chi connectivity index (χ1n) is 3.37. The summed E-state index contributed by atoms with van der Waals surface area (Å²) in [6.45, 7) is 3.96. The zero-order chi connectivity index (χ0) is 7.72. The minimum Gasteiger partial charge on any atom is -0.323 e. The van der Waals surface area contributed by atoms with Crippen LogP contribution in [-0.2, 0) is 7.05 Å². The van der Waals surface area contributed by atoms with Crippen LogP contribution in [0.25, 0.3) is 0 Å². The molecule has 0 amide bonds. The highest BCUT2D eigenvalue weighted by Crippen LogP contribution is 2.10. The predicted octanol–water partition coefficient (Wildman–Crippen LogP) is 0.748. The molecule has 0 aliphatic heterocycles. The van der Waals surface area contributed by atoms with Gasteiger partial charge in [0.05, 0.1) is 5.69 Å². The van der Waals surface area contributed by atoms with Gasteiger partial charge in [0.2, 0.25) is 0 Å². The number of hydrogen-bond acceptors (Lipinski definition) is 2. The molecule has 0 aliphatic carbocycles. The Hall–Kier alpha value is -0.830. The zero-order valence-electron chi connectivity index (χ0n) is 6.63. The maximum atomic E-state index is 5.65. The Morgan fingerprint density at radius 2 is 2.30 bits per heavy atom. The summed E-state index contributed by atoms with van der Waals surface area (Å²) in [6.07, 6.45) is 1.97. The van der Waals surface area contributed by atoms with E-state index in [9.17, 15) is 0 Å². The lowest BCUT2D eigenvalue weighted by atomic mass is 10.2. The van der Waals surface area contributed by atoms with Crippen LogP contribution in [0.15, 0.2) is 6.20 Å². The van der Waals surface area contributed by atoms with Crippen molar-refractivity contribution in [2.45, 2.75) is 19.9 Å². The van der Waals surface area contributed by atoms with Gasteiger partial charge in [-0.3, -0.25) is 4.68 Å². The molecule has 0 saturated heterocycles. The Balaban J connectivity index is 3.03. The third-order valence-corrected chi connectivity index (χ3v) is 1.48. The van der Waals surface area contributed by atoms with Crippen molar-refractivity contribution >= 4 is 0 Å². The van der Waals surface area contributed by atoms with E-state index in [1.807, 2.05) is 27.1 Å². The Morgan fingerprint density at radius 3 is 2.50 bits per heavy atom. The quantitative estimate of drug-likeness (QED) is 0.624. The van der Waals surface area contributed by atoms with E-state index in [-0.39, 0.29) is 6.04 Å². The lowest BCUT2D eigenvalue weighted by molar-refractivity contribution is 0.698. The molecule has 3 nitrogen and oxygen atoms in total. The molecule has 1 heterocycles. The second-order valence-corrected chi connectivity index (χ2v) is 2.66. The zero-order valence-corrected chi connectivity index (χ0v) is 6.63. The average molecular weight is 139 g/mol. The molecular weight excluding hydrogens is 126 g/mol. The van der Waals surface area contributed by atoms with Gasteiger partial charge in [-0.15, -0.1) is 0 Å². The third-order valence-electron chi connectivity index (χ3n) is 1.48. The first kappa shape index (κ1) is 7.28. The van der Waals surface area contributed by atoms with Crippen LogP contribution in [0.2, 0.25) is 0 Å². The number of nitrogens with two attached hydrogens (primary N) is 1. The molecule has 1 aromatic heterocycles. The van der Waals surface area contributed by atoms with Crippen LogP contribution in [0.4, 0.5) is 0 Å². The maximum Gasteiger partial charge on any atom is 0.0817 e. The van der Waals surface area contributed by atoms with Crippen molar-refractivity contribution in [1.29, 1.82) is 0 Å². The van der Waals surface area contributed by atoms with Crippen LogP contribution in [0.5, 0.6) is 0 Å². The van der Waals surface area contributed by atoms with Gasteiger partial charge in [-0.2, -0.15) is 5.10 Å². The molecule has 0 unspecified atom stereocenters. The van der Waals surface area contributed by atoms with Crippen LogP contribution in [-0.4, -0.2) is 9.78 Å². The molecule has 56 valence electrons. The summed E-state index contributed by atoms with van der Waals surface area (Å²) in [6, 6.07) is 0.0428. The number of rotatable bonds is 1. The summed E-state index contributed by atoms with van der Waals surface area (Å²) in [5, 5.41) is 4.20. The number of aryl methyl sites for hydroxylation is 2. The number of hydrogen-bond donors (Lipinski definition) is 1. The topological polar surface area (TPSA) is 43.8 Å². The minimum absolute atomic E-state index is 0.0428. The SMILES string of the molecule is Cc1cn(C)nc1[C@H](C)N. The molecule has 1 atom stereocenters. The number of aromatic nitrogens is 2. The first-order chi connectivity index (χ1) is 4.61. The van der Waals surface area contributed by atoms with E-state index < -0.39 is 0 Å². The van der Waals surface area contributed by atoms with Crippen molar-refractivity contribution in [1.82, 2.24) is 9.78 Å². The molecule has 0 aliphatic rings. The van der Waals surface area contributed by atoms with Crippen molar-refractivity contribution in [3.8, 4) is 0 Å². The molecule has 0 saturated carbocycles. The highest BCUT2D eigenvalue weighted by molar-refractivity contribution is 5.17. The maximum absolute atomic E-state index is 5.65. The summed E-state index contributed by atoms with van der Waals surface area (Å²) in [4.78, 5) is 0. The van der Waals surface area contributed by atoms with E-state index in [1.165, 1.54) is 0 Å². The summed E-state index contributed by atoms with van der Waals surface area (Å²) >= 11 is 0. The number of nitrogens with zero attached hydrogens (tertiary/aromatic N) is 2. The lowest BCUT2D eigenvalue weighted by Crippen LogP contribution is -2.07. The fourth-order valence-electron chi connectivity index (χ4n) is 1.07. The standard InChI is InChI=1S/C7H13N3/c1-5-4-10(3)9-7(5)6(2)8/h4,6H,8H2,1-3H3/t6-/m0/s1. The van der Waals surface area contributed by atoms with Crippen LogP contribution in [0, 0.1) is 6.92 Å². The van der Waals surface area contributed by atoms with Gasteiger partial charge in [-0.25, -0.2) is 0 Å². The second-order valence-electron chi connectivity index (χ2n) is 2.66. The van der Waals surface area contributed by atoms with Crippen LogP contribution in [0.3, 0.4) is 0 Å². The second kappa shape index (κ2) is 2.42. The molecule has 0 spiro atoms. The Kier molecular flexibility index (Phi) is 1.76. The first-order valence-corrected chi connectivity index (χ1v) is 3.37. The molecule has 0 bridgehead atoms. The molecule has 0 aromatic carbocycles. The average Bonchev–Trinajstić information content (AvgIpc) is 2.10. The van der Waals surface area contributed by atoms with Gasteiger partial charge in [-0.1, -0.05) is 0 Å². The molecule has 0 fully saturated rings. The van der Waals surface area contributed by atoms with Gasteiger partial charge in [-0.05, 0) is 19.4 Å². The molecule has 10 heavy (non-hydrogen) atoms. The largest absolute Gasteiger partial charge is 0.323 e. The highest BCUT2D eigenvalue weighted by atomic mass is 15.3. The van der Waals surface area contributed by atoms with E-state index >= 15 is 0 Å². The van der Waals surface area contributed by atoms with Gasteiger partial charge in [0.15, 0.2) is 0 Å². The Labute approximate surface area is 60.8 Å². The Bertz CT molecular complexity index is 225. The monoisotopic (exact) mass is 139 g/mol. The van der Waals surface area contributed by atoms with Crippen molar-refractivity contribution in [3.63, 3.8) is 0 Å². The van der Waals surface area contributed by atoms with Crippen molar-refractivity contribution in [2.75, 3.05) is 0 Å². The lowest BCUT2D eigenvalue weighted by Gasteiger charge is -1.99. The van der Waals surface area contributed by atoms with E-state index in [0.717, 1.165) is 11.3 Å². The fourth-order valence-corrected chi connectivity index (χ4v) is 1.07. The molecule has 1 rings (SSSR count). The van der Waals surface area contributed by atoms with Gasteiger partial charge in [0, 0.05) is 19.3 Å². The highest BCUT2D eigenvalue weighted by Gasteiger charge is 2.06. The summed E-state index contributed by atoms with van der Waals surface area (Å²) in [7, 11) is 1.90. The predicted molar refractivity (Wildman–Crippen MR) is 40.5 cm³/mol. The van der Waals surface area contributed by atoms with Crippen LogP contribution < -0.4 is 5.73 Å². The fraction of sp³-hybridized carbons (Fsp3) is 0.571. The van der Waals surface area contributed by atoms with E-state index in [2.05, 4.69) is 5.10 Å². The summed E-state index contributed by atoms with van der Waals surface area (Å²) < 4.78 is 1.79. The van der Waals surface area contributed by atoms with E-state index in [0.29, 0.717) is 0 Å². The summed E-state index contributed by atoms with van der Waals surface area (Å²) in [5.41, 5.74) is 7.80. The smallest absolute Gasteiger partial charge is 0.0817 e. The van der Waals surface area contributed by atoms with Crippen LogP contribution >= 0.6 is 0 Å². The minimum atomic E-state index is 0.0428. The van der Waals surface area contributed by atoms with E-state index in [1.54, 1.807) is 4.68 Å². The van der Waals surface area contributed by atoms with Crippen molar-refractivity contribution in [2.24, 2.45) is 12.8 Å². The summed E-state index contributed by atoms with van der Waals surface area (Å²) in [5.74, 6) is 0. The van der Waals surface area contributed by atoms with Crippen molar-refractivity contribution in [3.05, 3.63) is 17.5 Å².